The number of carbonyl (C=O) groups excluding carboxylic acids is 2. The average Bonchev–Trinajstić information content (AvgIpc) is 2.96. The molecule has 2 aromatic rings. The van der Waals surface area contributed by atoms with Gasteiger partial charge in [-0.2, -0.15) is 0 Å². The molecule has 2 amide bonds. The first-order chi connectivity index (χ1) is 13.8. The monoisotopic (exact) mass is 411 g/mol. The first kappa shape index (κ1) is 20.7. The minimum atomic E-state index is -1.06. The van der Waals surface area contributed by atoms with Crippen LogP contribution in [-0.4, -0.2) is 28.3 Å². The van der Waals surface area contributed by atoms with Gasteiger partial charge in [-0.25, -0.2) is 9.69 Å². The number of thioether (sulfide) groups is 1. The molecule has 0 radical (unpaired) electrons. The minimum Gasteiger partial charge on any atom is -0.479 e. The SMILES string of the molecule is CCC(Oc1ccccc1/C=C1/SC(=O)N(c2cc(C)ccc2C)C1=O)C(=O)O. The third-order valence-corrected chi connectivity index (χ3v) is 5.39. The summed E-state index contributed by atoms with van der Waals surface area (Å²) in [6.45, 7) is 5.47. The molecule has 1 aliphatic heterocycles. The Morgan fingerprint density at radius 1 is 1.21 bits per heavy atom. The van der Waals surface area contributed by atoms with Crippen LogP contribution in [-0.2, 0) is 9.59 Å². The van der Waals surface area contributed by atoms with E-state index < -0.39 is 18.0 Å². The molecular weight excluding hydrogens is 390 g/mol. The van der Waals surface area contributed by atoms with E-state index in [9.17, 15) is 19.5 Å². The number of carboxylic acids is 1. The summed E-state index contributed by atoms with van der Waals surface area (Å²) in [7, 11) is 0. The number of imide groups is 1. The standard InChI is InChI=1S/C22H21NO5S/c1-4-17(21(25)26)28-18-8-6-5-7-15(18)12-19-20(24)23(22(27)29-19)16-11-13(2)9-10-14(16)3/h5-12,17H,4H2,1-3H3,(H,25,26)/b19-12+. The zero-order valence-electron chi connectivity index (χ0n) is 16.3. The largest absolute Gasteiger partial charge is 0.479 e. The number of carbonyl (C=O) groups is 3. The maximum atomic E-state index is 13.0. The Morgan fingerprint density at radius 3 is 2.62 bits per heavy atom. The van der Waals surface area contributed by atoms with Gasteiger partial charge in [0.25, 0.3) is 11.1 Å². The molecule has 0 saturated carbocycles. The minimum absolute atomic E-state index is 0.260. The lowest BCUT2D eigenvalue weighted by molar-refractivity contribution is -0.145. The van der Waals surface area contributed by atoms with E-state index in [2.05, 4.69) is 0 Å². The molecule has 1 saturated heterocycles. The number of amides is 2. The molecule has 3 rings (SSSR count). The molecular formula is C22H21NO5S. The highest BCUT2D eigenvalue weighted by Crippen LogP contribution is 2.38. The zero-order chi connectivity index (χ0) is 21.1. The number of aliphatic carboxylic acids is 1. The molecule has 1 heterocycles. The fourth-order valence-corrected chi connectivity index (χ4v) is 3.77. The van der Waals surface area contributed by atoms with Crippen molar-refractivity contribution in [2.75, 3.05) is 4.90 Å². The fourth-order valence-electron chi connectivity index (χ4n) is 2.95. The highest BCUT2D eigenvalue weighted by atomic mass is 32.2. The molecule has 1 atom stereocenters. The molecule has 0 aromatic heterocycles. The average molecular weight is 411 g/mol. The number of anilines is 1. The number of para-hydroxylation sites is 1. The van der Waals surface area contributed by atoms with E-state index in [1.165, 1.54) is 4.90 Å². The predicted molar refractivity (Wildman–Crippen MR) is 113 cm³/mol. The van der Waals surface area contributed by atoms with Crippen LogP contribution in [0.3, 0.4) is 0 Å². The Morgan fingerprint density at radius 2 is 1.93 bits per heavy atom. The molecule has 1 unspecified atom stereocenters. The van der Waals surface area contributed by atoms with Gasteiger partial charge in [0, 0.05) is 5.56 Å². The molecule has 0 aliphatic carbocycles. The number of carboxylic acid groups (broad SMARTS) is 1. The number of ether oxygens (including phenoxy) is 1. The van der Waals surface area contributed by atoms with Gasteiger partial charge in [0.05, 0.1) is 10.6 Å². The second kappa shape index (κ2) is 8.53. The van der Waals surface area contributed by atoms with Crippen LogP contribution in [0.5, 0.6) is 5.75 Å². The summed E-state index contributed by atoms with van der Waals surface area (Å²) in [5.74, 6) is -1.12. The van der Waals surface area contributed by atoms with Gasteiger partial charge in [-0.05, 0) is 61.4 Å². The van der Waals surface area contributed by atoms with E-state index in [-0.39, 0.29) is 10.1 Å². The first-order valence-corrected chi connectivity index (χ1v) is 9.97. The van der Waals surface area contributed by atoms with Gasteiger partial charge < -0.3 is 9.84 Å². The third kappa shape index (κ3) is 4.35. The Balaban J connectivity index is 1.95. The summed E-state index contributed by atoms with van der Waals surface area (Å²) in [5.41, 5.74) is 2.89. The van der Waals surface area contributed by atoms with Crippen molar-refractivity contribution in [1.29, 1.82) is 0 Å². The van der Waals surface area contributed by atoms with Crippen molar-refractivity contribution >= 4 is 40.6 Å². The van der Waals surface area contributed by atoms with Gasteiger partial charge in [-0.15, -0.1) is 0 Å². The van der Waals surface area contributed by atoms with Gasteiger partial charge in [0.15, 0.2) is 6.10 Å². The second-order valence-corrected chi connectivity index (χ2v) is 7.69. The molecule has 7 heteroatoms. The van der Waals surface area contributed by atoms with Gasteiger partial charge in [-0.1, -0.05) is 37.3 Å². The number of rotatable bonds is 6. The lowest BCUT2D eigenvalue weighted by Gasteiger charge is -2.16. The van der Waals surface area contributed by atoms with E-state index in [1.54, 1.807) is 37.3 Å². The summed E-state index contributed by atoms with van der Waals surface area (Å²) < 4.78 is 5.61. The fraction of sp³-hybridized carbons (Fsp3) is 0.227. The predicted octanol–water partition coefficient (Wildman–Crippen LogP) is 4.79. The van der Waals surface area contributed by atoms with Crippen LogP contribution in [0.2, 0.25) is 0 Å². The Bertz CT molecular complexity index is 1010. The topological polar surface area (TPSA) is 83.9 Å². The van der Waals surface area contributed by atoms with Crippen LogP contribution in [0.4, 0.5) is 10.5 Å². The van der Waals surface area contributed by atoms with E-state index in [0.717, 1.165) is 22.9 Å². The van der Waals surface area contributed by atoms with Crippen LogP contribution in [0, 0.1) is 13.8 Å². The van der Waals surface area contributed by atoms with Crippen molar-refractivity contribution in [3.8, 4) is 5.75 Å². The number of hydrogen-bond donors (Lipinski definition) is 1. The number of benzene rings is 2. The van der Waals surface area contributed by atoms with E-state index in [4.69, 9.17) is 4.74 Å². The zero-order valence-corrected chi connectivity index (χ0v) is 17.2. The quantitative estimate of drug-likeness (QED) is 0.688. The highest BCUT2D eigenvalue weighted by molar-refractivity contribution is 8.19. The number of aryl methyl sites for hydroxylation is 2. The van der Waals surface area contributed by atoms with Crippen LogP contribution in [0.15, 0.2) is 47.4 Å². The molecule has 0 bridgehead atoms. The molecule has 2 aromatic carbocycles. The Labute approximate surface area is 173 Å². The molecule has 29 heavy (non-hydrogen) atoms. The van der Waals surface area contributed by atoms with E-state index in [0.29, 0.717) is 23.4 Å². The number of nitrogens with zero attached hydrogens (tertiary/aromatic N) is 1. The molecule has 6 nitrogen and oxygen atoms in total. The molecule has 1 fully saturated rings. The van der Waals surface area contributed by atoms with Crippen molar-refractivity contribution in [3.63, 3.8) is 0 Å². The third-order valence-electron chi connectivity index (χ3n) is 4.52. The molecule has 0 spiro atoms. The molecule has 1 aliphatic rings. The lowest BCUT2D eigenvalue weighted by atomic mass is 10.1. The summed E-state index contributed by atoms with van der Waals surface area (Å²) in [5, 5.41) is 8.88. The normalized spacial score (nSPS) is 16.4. The van der Waals surface area contributed by atoms with Gasteiger partial charge >= 0.3 is 5.97 Å². The summed E-state index contributed by atoms with van der Waals surface area (Å²) >= 11 is 0.852. The van der Waals surface area contributed by atoms with Crippen molar-refractivity contribution < 1.29 is 24.2 Å². The van der Waals surface area contributed by atoms with Crippen LogP contribution < -0.4 is 9.64 Å². The van der Waals surface area contributed by atoms with Gasteiger partial charge in [0.2, 0.25) is 0 Å². The summed E-state index contributed by atoms with van der Waals surface area (Å²) in [6, 6.07) is 12.5. The van der Waals surface area contributed by atoms with Crippen LogP contribution in [0.1, 0.15) is 30.0 Å². The van der Waals surface area contributed by atoms with E-state index in [1.807, 2.05) is 32.0 Å². The molecule has 150 valence electrons. The highest BCUT2D eigenvalue weighted by Gasteiger charge is 2.37. The van der Waals surface area contributed by atoms with Crippen molar-refractivity contribution in [2.24, 2.45) is 0 Å². The first-order valence-electron chi connectivity index (χ1n) is 9.15. The van der Waals surface area contributed by atoms with E-state index >= 15 is 0 Å². The Hall–Kier alpha value is -3.06. The van der Waals surface area contributed by atoms with Crippen LogP contribution in [0.25, 0.3) is 6.08 Å². The smallest absolute Gasteiger partial charge is 0.344 e. The lowest BCUT2D eigenvalue weighted by Crippen LogP contribution is -2.28. The van der Waals surface area contributed by atoms with Crippen LogP contribution >= 0.6 is 11.8 Å². The summed E-state index contributed by atoms with van der Waals surface area (Å²) in [4.78, 5) is 38.3. The van der Waals surface area contributed by atoms with Gasteiger partial charge in [0.1, 0.15) is 5.75 Å². The van der Waals surface area contributed by atoms with Crippen molar-refractivity contribution in [3.05, 3.63) is 64.1 Å². The maximum absolute atomic E-state index is 13.0. The van der Waals surface area contributed by atoms with Gasteiger partial charge in [-0.3, -0.25) is 9.59 Å². The molecule has 1 N–H and O–H groups in total. The van der Waals surface area contributed by atoms with Crippen molar-refractivity contribution in [1.82, 2.24) is 0 Å². The Kier molecular flexibility index (Phi) is 6.08. The second-order valence-electron chi connectivity index (χ2n) is 6.70. The number of hydrogen-bond acceptors (Lipinski definition) is 5. The van der Waals surface area contributed by atoms with Crippen molar-refractivity contribution in [2.45, 2.75) is 33.3 Å². The summed E-state index contributed by atoms with van der Waals surface area (Å²) in [6.07, 6.45) is 0.877. The maximum Gasteiger partial charge on any atom is 0.344 e.